The van der Waals surface area contributed by atoms with Crippen LogP contribution in [0.4, 0.5) is 0 Å². The van der Waals surface area contributed by atoms with Gasteiger partial charge < -0.3 is 4.74 Å². The molecule has 1 aliphatic carbocycles. The lowest BCUT2D eigenvalue weighted by Crippen LogP contribution is -2.34. The molecule has 2 rings (SSSR count). The zero-order valence-corrected chi connectivity index (χ0v) is 11.3. The SMILES string of the molecule is CC1(C)COC(CC2(C[N+](=O)[O-])CCCCC2)=N1. The van der Waals surface area contributed by atoms with Crippen molar-refractivity contribution in [2.24, 2.45) is 10.4 Å². The molecule has 0 radical (unpaired) electrons. The fourth-order valence-electron chi connectivity index (χ4n) is 3.04. The van der Waals surface area contributed by atoms with Crippen LogP contribution in [0.5, 0.6) is 0 Å². The highest BCUT2D eigenvalue weighted by atomic mass is 16.6. The van der Waals surface area contributed by atoms with Gasteiger partial charge in [-0.2, -0.15) is 0 Å². The molecule has 1 aliphatic heterocycles. The second kappa shape index (κ2) is 4.86. The van der Waals surface area contributed by atoms with Gasteiger partial charge in [-0.05, 0) is 26.7 Å². The smallest absolute Gasteiger partial charge is 0.209 e. The summed E-state index contributed by atoms with van der Waals surface area (Å²) >= 11 is 0. The summed E-state index contributed by atoms with van der Waals surface area (Å²) in [5.41, 5.74) is -0.388. The lowest BCUT2D eigenvalue weighted by Gasteiger charge is -2.33. The first kappa shape index (κ1) is 13.3. The van der Waals surface area contributed by atoms with Gasteiger partial charge in [0, 0.05) is 16.8 Å². The Morgan fingerprint density at radius 3 is 2.50 bits per heavy atom. The fourth-order valence-corrected chi connectivity index (χ4v) is 3.04. The second-order valence-electron chi connectivity index (χ2n) is 6.33. The number of hydrogen-bond donors (Lipinski definition) is 0. The van der Waals surface area contributed by atoms with Crippen molar-refractivity contribution >= 4 is 5.90 Å². The summed E-state index contributed by atoms with van der Waals surface area (Å²) in [7, 11) is 0. The third-order valence-electron chi connectivity index (χ3n) is 3.92. The van der Waals surface area contributed by atoms with Crippen molar-refractivity contribution in [2.45, 2.75) is 57.9 Å². The zero-order valence-electron chi connectivity index (χ0n) is 11.3. The Labute approximate surface area is 108 Å². The topological polar surface area (TPSA) is 64.7 Å². The Balaban J connectivity index is 2.08. The molecule has 0 aromatic rings. The number of rotatable bonds is 4. The van der Waals surface area contributed by atoms with Crippen LogP contribution in [-0.4, -0.2) is 29.5 Å². The van der Waals surface area contributed by atoms with E-state index in [0.29, 0.717) is 13.0 Å². The molecular formula is C13H22N2O3. The number of hydrogen-bond acceptors (Lipinski definition) is 4. The molecule has 102 valence electrons. The van der Waals surface area contributed by atoms with Crippen molar-refractivity contribution in [3.05, 3.63) is 10.1 Å². The highest BCUT2D eigenvalue weighted by Crippen LogP contribution is 2.40. The molecule has 0 unspecified atom stereocenters. The quantitative estimate of drug-likeness (QED) is 0.572. The van der Waals surface area contributed by atoms with Gasteiger partial charge in [0.05, 0.1) is 5.54 Å². The minimum atomic E-state index is -0.221. The molecular weight excluding hydrogens is 232 g/mol. The Morgan fingerprint density at radius 2 is 2.00 bits per heavy atom. The minimum absolute atomic E-state index is 0.0514. The van der Waals surface area contributed by atoms with E-state index in [4.69, 9.17) is 4.74 Å². The summed E-state index contributed by atoms with van der Waals surface area (Å²) in [5, 5.41) is 10.9. The summed E-state index contributed by atoms with van der Waals surface area (Å²) in [6, 6.07) is 0. The summed E-state index contributed by atoms with van der Waals surface area (Å²) in [6.45, 7) is 4.70. The van der Waals surface area contributed by atoms with Crippen LogP contribution in [0.3, 0.4) is 0 Å². The summed E-state index contributed by atoms with van der Waals surface area (Å²) in [5.74, 6) is 0.726. The average molecular weight is 254 g/mol. The van der Waals surface area contributed by atoms with Gasteiger partial charge >= 0.3 is 0 Å². The molecule has 0 saturated heterocycles. The van der Waals surface area contributed by atoms with Crippen LogP contribution >= 0.6 is 0 Å². The van der Waals surface area contributed by atoms with Crippen LogP contribution in [0.2, 0.25) is 0 Å². The molecule has 0 spiro atoms. The largest absolute Gasteiger partial charge is 0.478 e. The lowest BCUT2D eigenvalue weighted by atomic mass is 9.72. The van der Waals surface area contributed by atoms with E-state index in [1.54, 1.807) is 0 Å². The normalized spacial score (nSPS) is 25.3. The van der Waals surface area contributed by atoms with Gasteiger partial charge in [0.2, 0.25) is 6.54 Å². The molecule has 0 aromatic carbocycles. The highest BCUT2D eigenvalue weighted by Gasteiger charge is 2.40. The first-order valence-corrected chi connectivity index (χ1v) is 6.74. The number of nitro groups is 1. The Hall–Kier alpha value is -1.13. The van der Waals surface area contributed by atoms with Gasteiger partial charge in [-0.25, -0.2) is 4.99 Å². The van der Waals surface area contributed by atoms with E-state index in [1.807, 2.05) is 13.8 Å². The van der Waals surface area contributed by atoms with Crippen LogP contribution in [0.25, 0.3) is 0 Å². The third kappa shape index (κ3) is 3.21. The zero-order chi connectivity index (χ0) is 13.2. The fraction of sp³-hybridized carbons (Fsp3) is 0.923. The second-order valence-corrected chi connectivity index (χ2v) is 6.33. The first-order chi connectivity index (χ1) is 8.41. The summed E-state index contributed by atoms with van der Waals surface area (Å²) in [4.78, 5) is 15.3. The molecule has 1 fully saturated rings. The number of aliphatic imine (C=N–C) groups is 1. The van der Waals surface area contributed by atoms with Crippen molar-refractivity contribution in [3.8, 4) is 0 Å². The Bertz CT molecular complexity index is 357. The molecule has 0 aromatic heterocycles. The maximum atomic E-state index is 10.9. The van der Waals surface area contributed by atoms with Crippen molar-refractivity contribution in [1.29, 1.82) is 0 Å². The maximum Gasteiger partial charge on any atom is 0.209 e. The van der Waals surface area contributed by atoms with Crippen LogP contribution in [0.1, 0.15) is 52.4 Å². The van der Waals surface area contributed by atoms with Gasteiger partial charge in [-0.3, -0.25) is 10.1 Å². The van der Waals surface area contributed by atoms with Crippen LogP contribution in [0, 0.1) is 15.5 Å². The highest BCUT2D eigenvalue weighted by molar-refractivity contribution is 5.78. The average Bonchev–Trinajstić information content (AvgIpc) is 2.57. The predicted molar refractivity (Wildman–Crippen MR) is 69.5 cm³/mol. The van der Waals surface area contributed by atoms with Gasteiger partial charge in [0.1, 0.15) is 6.61 Å². The monoisotopic (exact) mass is 254 g/mol. The van der Waals surface area contributed by atoms with Gasteiger partial charge in [0.25, 0.3) is 0 Å². The van der Waals surface area contributed by atoms with E-state index >= 15 is 0 Å². The van der Waals surface area contributed by atoms with Gasteiger partial charge in [0.15, 0.2) is 5.90 Å². The van der Waals surface area contributed by atoms with Crippen molar-refractivity contribution in [2.75, 3.05) is 13.2 Å². The van der Waals surface area contributed by atoms with Crippen LogP contribution < -0.4 is 0 Å². The molecule has 0 atom stereocenters. The molecule has 0 bridgehead atoms. The van der Waals surface area contributed by atoms with Crippen molar-refractivity contribution in [3.63, 3.8) is 0 Å². The van der Waals surface area contributed by atoms with E-state index in [1.165, 1.54) is 6.42 Å². The third-order valence-corrected chi connectivity index (χ3v) is 3.92. The van der Waals surface area contributed by atoms with E-state index in [2.05, 4.69) is 4.99 Å². The van der Waals surface area contributed by atoms with Crippen molar-refractivity contribution < 1.29 is 9.66 Å². The summed E-state index contributed by atoms with van der Waals surface area (Å²) < 4.78 is 5.60. The molecule has 1 saturated carbocycles. The Kier molecular flexibility index (Phi) is 3.59. The van der Waals surface area contributed by atoms with Gasteiger partial charge in [-0.15, -0.1) is 0 Å². The standard InChI is InChI=1S/C13H22N2O3/c1-12(2)10-18-11(14-12)8-13(9-15(16)17)6-4-3-5-7-13/h3-10H2,1-2H3. The lowest BCUT2D eigenvalue weighted by molar-refractivity contribution is -0.498. The van der Waals surface area contributed by atoms with E-state index < -0.39 is 0 Å². The van der Waals surface area contributed by atoms with Crippen LogP contribution in [0.15, 0.2) is 4.99 Å². The molecule has 0 amide bonds. The van der Waals surface area contributed by atoms with Gasteiger partial charge in [-0.1, -0.05) is 19.3 Å². The maximum absolute atomic E-state index is 10.9. The summed E-state index contributed by atoms with van der Waals surface area (Å²) in [6.07, 6.45) is 5.86. The first-order valence-electron chi connectivity index (χ1n) is 6.74. The van der Waals surface area contributed by atoms with E-state index in [0.717, 1.165) is 31.6 Å². The molecule has 2 aliphatic rings. The van der Waals surface area contributed by atoms with E-state index in [9.17, 15) is 10.1 Å². The number of ether oxygens (including phenoxy) is 1. The minimum Gasteiger partial charge on any atom is -0.478 e. The Morgan fingerprint density at radius 1 is 1.33 bits per heavy atom. The van der Waals surface area contributed by atoms with Crippen LogP contribution in [-0.2, 0) is 4.74 Å². The molecule has 1 heterocycles. The molecule has 5 nitrogen and oxygen atoms in total. The predicted octanol–water partition coefficient (Wildman–Crippen LogP) is 2.81. The van der Waals surface area contributed by atoms with Crippen molar-refractivity contribution in [1.82, 2.24) is 0 Å². The van der Waals surface area contributed by atoms with E-state index in [-0.39, 0.29) is 22.4 Å². The number of nitrogens with zero attached hydrogens (tertiary/aromatic N) is 2. The molecule has 0 N–H and O–H groups in total. The molecule has 5 heteroatoms. The molecule has 18 heavy (non-hydrogen) atoms.